The highest BCUT2D eigenvalue weighted by atomic mass is 16.1. The Morgan fingerprint density at radius 2 is 2.07 bits per heavy atom. The molecule has 14 heavy (non-hydrogen) atoms. The van der Waals surface area contributed by atoms with E-state index in [9.17, 15) is 4.79 Å². The fourth-order valence-electron chi connectivity index (χ4n) is 1.24. The molecule has 0 saturated heterocycles. The van der Waals surface area contributed by atoms with Crippen LogP contribution in [-0.2, 0) is 4.79 Å². The molecular weight excluding hydrogens is 174 g/mol. The van der Waals surface area contributed by atoms with E-state index < -0.39 is 0 Å². The highest BCUT2D eigenvalue weighted by Gasteiger charge is 2.06. The van der Waals surface area contributed by atoms with Crippen LogP contribution in [0.15, 0.2) is 0 Å². The fourth-order valence-corrected chi connectivity index (χ4v) is 1.24. The van der Waals surface area contributed by atoms with Gasteiger partial charge >= 0.3 is 0 Å². The van der Waals surface area contributed by atoms with Crippen LogP contribution >= 0.6 is 0 Å². The second-order valence-electron chi connectivity index (χ2n) is 3.51. The first kappa shape index (κ1) is 13.0. The molecule has 0 radical (unpaired) electrons. The summed E-state index contributed by atoms with van der Waals surface area (Å²) in [4.78, 5) is 11.3. The molecule has 0 aromatic carbocycles. The van der Waals surface area contributed by atoms with Crippen LogP contribution < -0.4 is 5.32 Å². The lowest BCUT2D eigenvalue weighted by Gasteiger charge is -2.10. The van der Waals surface area contributed by atoms with E-state index in [0.29, 0.717) is 6.42 Å². The van der Waals surface area contributed by atoms with Crippen LogP contribution in [0, 0.1) is 12.3 Å². The molecule has 0 spiro atoms. The Morgan fingerprint density at radius 3 is 2.57 bits per heavy atom. The lowest BCUT2D eigenvalue weighted by molar-refractivity contribution is -0.121. The van der Waals surface area contributed by atoms with Gasteiger partial charge in [-0.3, -0.25) is 4.79 Å². The lowest BCUT2D eigenvalue weighted by atomic mass is 10.1. The number of rotatable bonds is 7. The minimum absolute atomic E-state index is 0.0888. The van der Waals surface area contributed by atoms with Gasteiger partial charge in [-0.15, -0.1) is 6.42 Å². The summed E-state index contributed by atoms with van der Waals surface area (Å²) in [6.07, 6.45) is 11.2. The smallest absolute Gasteiger partial charge is 0.220 e. The summed E-state index contributed by atoms with van der Waals surface area (Å²) in [5.74, 6) is 2.64. The molecule has 0 aromatic heterocycles. The summed E-state index contributed by atoms with van der Waals surface area (Å²) in [5, 5.41) is 2.82. The van der Waals surface area contributed by atoms with E-state index >= 15 is 0 Å². The molecular formula is C12H21NO. The second-order valence-corrected chi connectivity index (χ2v) is 3.51. The standard InChI is InChI=1S/C12H21NO/c1-4-7-8-9-10-12(14)13-11(5-2)6-3/h2,11H,4,6-10H2,1,3H3,(H,13,14). The number of unbranched alkanes of at least 4 members (excludes halogenated alkanes) is 3. The quantitative estimate of drug-likeness (QED) is 0.491. The zero-order valence-corrected chi connectivity index (χ0v) is 9.31. The zero-order chi connectivity index (χ0) is 10.8. The maximum absolute atomic E-state index is 11.3. The molecule has 80 valence electrons. The minimum Gasteiger partial charge on any atom is -0.342 e. The maximum atomic E-state index is 11.3. The first-order valence-corrected chi connectivity index (χ1v) is 5.50. The topological polar surface area (TPSA) is 29.1 Å². The van der Waals surface area contributed by atoms with Crippen LogP contribution in [0.25, 0.3) is 0 Å². The summed E-state index contributed by atoms with van der Waals surface area (Å²) in [6.45, 7) is 4.13. The molecule has 1 amide bonds. The van der Waals surface area contributed by atoms with Crippen molar-refractivity contribution in [3.05, 3.63) is 0 Å². The number of carbonyl (C=O) groups is 1. The Morgan fingerprint density at radius 1 is 1.36 bits per heavy atom. The van der Waals surface area contributed by atoms with Gasteiger partial charge in [0.1, 0.15) is 0 Å². The van der Waals surface area contributed by atoms with Crippen molar-refractivity contribution in [2.24, 2.45) is 0 Å². The van der Waals surface area contributed by atoms with Crippen LogP contribution in [-0.4, -0.2) is 11.9 Å². The number of hydrogen-bond donors (Lipinski definition) is 1. The van der Waals surface area contributed by atoms with Gasteiger partial charge in [0.25, 0.3) is 0 Å². The Balaban J connectivity index is 3.50. The van der Waals surface area contributed by atoms with Crippen molar-refractivity contribution in [3.8, 4) is 12.3 Å². The summed E-state index contributed by atoms with van der Waals surface area (Å²) in [6, 6.07) is -0.0892. The van der Waals surface area contributed by atoms with Crippen molar-refractivity contribution in [2.75, 3.05) is 0 Å². The molecule has 1 unspecified atom stereocenters. The van der Waals surface area contributed by atoms with Crippen LogP contribution in [0.3, 0.4) is 0 Å². The Labute approximate surface area is 87.5 Å². The molecule has 0 rings (SSSR count). The molecule has 2 nitrogen and oxygen atoms in total. The number of nitrogens with one attached hydrogen (secondary N) is 1. The fraction of sp³-hybridized carbons (Fsp3) is 0.750. The molecule has 1 N–H and O–H groups in total. The molecule has 0 aromatic rings. The monoisotopic (exact) mass is 195 g/mol. The van der Waals surface area contributed by atoms with Crippen LogP contribution in [0.2, 0.25) is 0 Å². The normalized spacial score (nSPS) is 11.8. The third kappa shape index (κ3) is 6.54. The third-order valence-electron chi connectivity index (χ3n) is 2.20. The summed E-state index contributed by atoms with van der Waals surface area (Å²) >= 11 is 0. The van der Waals surface area contributed by atoms with Gasteiger partial charge in [0.15, 0.2) is 0 Å². The average Bonchev–Trinajstić information content (AvgIpc) is 2.21. The van der Waals surface area contributed by atoms with Gasteiger partial charge in [-0.1, -0.05) is 39.0 Å². The van der Waals surface area contributed by atoms with Crippen molar-refractivity contribution in [1.29, 1.82) is 0 Å². The molecule has 0 aliphatic heterocycles. The van der Waals surface area contributed by atoms with Gasteiger partial charge in [-0.2, -0.15) is 0 Å². The predicted octanol–water partition coefficient (Wildman–Crippen LogP) is 2.48. The van der Waals surface area contributed by atoms with Crippen molar-refractivity contribution in [1.82, 2.24) is 5.32 Å². The average molecular weight is 195 g/mol. The van der Waals surface area contributed by atoms with Crippen molar-refractivity contribution < 1.29 is 4.79 Å². The molecule has 0 heterocycles. The van der Waals surface area contributed by atoms with E-state index in [1.54, 1.807) is 0 Å². The SMILES string of the molecule is C#CC(CC)NC(=O)CCCCCC. The largest absolute Gasteiger partial charge is 0.342 e. The predicted molar refractivity (Wildman–Crippen MR) is 59.8 cm³/mol. The van der Waals surface area contributed by atoms with E-state index in [-0.39, 0.29) is 11.9 Å². The van der Waals surface area contributed by atoms with Crippen molar-refractivity contribution >= 4 is 5.91 Å². The van der Waals surface area contributed by atoms with E-state index in [2.05, 4.69) is 18.2 Å². The van der Waals surface area contributed by atoms with E-state index in [1.165, 1.54) is 12.8 Å². The summed E-state index contributed by atoms with van der Waals surface area (Å²) in [5.41, 5.74) is 0. The van der Waals surface area contributed by atoms with Crippen LogP contribution in [0.5, 0.6) is 0 Å². The van der Waals surface area contributed by atoms with Gasteiger partial charge in [0, 0.05) is 6.42 Å². The van der Waals surface area contributed by atoms with E-state index in [0.717, 1.165) is 19.3 Å². The first-order valence-electron chi connectivity index (χ1n) is 5.50. The van der Waals surface area contributed by atoms with Crippen LogP contribution in [0.4, 0.5) is 0 Å². The number of hydrogen-bond acceptors (Lipinski definition) is 1. The highest BCUT2D eigenvalue weighted by Crippen LogP contribution is 2.02. The highest BCUT2D eigenvalue weighted by molar-refractivity contribution is 5.76. The van der Waals surface area contributed by atoms with Crippen molar-refractivity contribution in [3.63, 3.8) is 0 Å². The Bertz CT molecular complexity index is 193. The van der Waals surface area contributed by atoms with Gasteiger partial charge in [0.2, 0.25) is 5.91 Å². The molecule has 0 aliphatic carbocycles. The second kappa shape index (κ2) is 8.62. The Kier molecular flexibility index (Phi) is 8.02. The Hall–Kier alpha value is -0.970. The number of carbonyl (C=O) groups excluding carboxylic acids is 1. The summed E-state index contributed by atoms with van der Waals surface area (Å²) in [7, 11) is 0. The third-order valence-corrected chi connectivity index (χ3v) is 2.20. The molecule has 0 fully saturated rings. The minimum atomic E-state index is -0.0892. The first-order chi connectivity index (χ1) is 6.74. The van der Waals surface area contributed by atoms with Gasteiger partial charge < -0.3 is 5.32 Å². The molecule has 2 heteroatoms. The van der Waals surface area contributed by atoms with E-state index in [4.69, 9.17) is 6.42 Å². The number of amides is 1. The van der Waals surface area contributed by atoms with Gasteiger partial charge in [-0.25, -0.2) is 0 Å². The van der Waals surface area contributed by atoms with E-state index in [1.807, 2.05) is 6.92 Å². The molecule has 0 bridgehead atoms. The maximum Gasteiger partial charge on any atom is 0.220 e. The lowest BCUT2D eigenvalue weighted by Crippen LogP contribution is -2.32. The van der Waals surface area contributed by atoms with Gasteiger partial charge in [0.05, 0.1) is 6.04 Å². The number of terminal acetylenes is 1. The molecule has 1 atom stereocenters. The molecule has 0 aliphatic rings. The van der Waals surface area contributed by atoms with Gasteiger partial charge in [-0.05, 0) is 12.8 Å². The van der Waals surface area contributed by atoms with Crippen LogP contribution in [0.1, 0.15) is 52.4 Å². The summed E-state index contributed by atoms with van der Waals surface area (Å²) < 4.78 is 0. The zero-order valence-electron chi connectivity index (χ0n) is 9.31. The van der Waals surface area contributed by atoms with Crippen molar-refractivity contribution in [2.45, 2.75) is 58.4 Å². The molecule has 0 saturated carbocycles.